The average Bonchev–Trinajstić information content (AvgIpc) is 2.78. The van der Waals surface area contributed by atoms with Crippen LogP contribution in [0.25, 0.3) is 0 Å². The van der Waals surface area contributed by atoms with Gasteiger partial charge in [0.2, 0.25) is 9.05 Å². The van der Waals surface area contributed by atoms with E-state index in [1.807, 2.05) is 0 Å². The number of rotatable bonds is 4. The van der Waals surface area contributed by atoms with Gasteiger partial charge in [0.1, 0.15) is 0 Å². The van der Waals surface area contributed by atoms with Crippen LogP contribution in [-0.2, 0) is 9.05 Å². The van der Waals surface area contributed by atoms with E-state index in [1.54, 1.807) is 0 Å². The summed E-state index contributed by atoms with van der Waals surface area (Å²) in [5, 5.41) is 19.3. The number of halogens is 1. The van der Waals surface area contributed by atoms with Gasteiger partial charge < -0.3 is 10.2 Å². The molecule has 2 atom stereocenters. The lowest BCUT2D eigenvalue weighted by Crippen LogP contribution is -2.54. The van der Waals surface area contributed by atoms with Gasteiger partial charge in [-0.3, -0.25) is 0 Å². The third-order valence-electron chi connectivity index (χ3n) is 5.66. The minimum absolute atomic E-state index is 0.0435. The minimum atomic E-state index is -3.85. The molecule has 2 saturated carbocycles. The van der Waals surface area contributed by atoms with Crippen molar-refractivity contribution in [2.24, 2.45) is 23.7 Å². The normalized spacial score (nSPS) is 42.8. The molecule has 2 aliphatic rings. The van der Waals surface area contributed by atoms with Gasteiger partial charge in [-0.25, -0.2) is 8.42 Å². The van der Waals surface area contributed by atoms with E-state index in [4.69, 9.17) is 10.7 Å². The summed E-state index contributed by atoms with van der Waals surface area (Å²) in [6, 6.07) is 0. The zero-order valence-electron chi connectivity index (χ0n) is 12.0. The van der Waals surface area contributed by atoms with E-state index in [0.29, 0.717) is 18.8 Å². The monoisotopic (exact) mass is 324 g/mol. The molecular formula is C14H25ClO4S. The Bertz CT molecular complexity index is 416. The van der Waals surface area contributed by atoms with E-state index < -0.39 is 13.8 Å². The summed E-state index contributed by atoms with van der Waals surface area (Å²) in [4.78, 5) is 0. The zero-order valence-corrected chi connectivity index (χ0v) is 13.5. The van der Waals surface area contributed by atoms with Gasteiger partial charge in [0, 0.05) is 35.7 Å². The molecule has 0 aliphatic heterocycles. The van der Waals surface area contributed by atoms with Crippen LogP contribution >= 0.6 is 10.7 Å². The largest absolute Gasteiger partial charge is 0.396 e. The minimum Gasteiger partial charge on any atom is -0.396 e. The highest BCUT2D eigenvalue weighted by Crippen LogP contribution is 2.55. The molecular weight excluding hydrogens is 300 g/mol. The fraction of sp³-hybridized carbons (Fsp3) is 1.00. The molecule has 0 bridgehead atoms. The van der Waals surface area contributed by atoms with Crippen LogP contribution in [-0.4, -0.2) is 36.6 Å². The lowest BCUT2D eigenvalue weighted by Gasteiger charge is -2.45. The van der Waals surface area contributed by atoms with E-state index in [9.17, 15) is 18.6 Å². The molecule has 0 radical (unpaired) electrons. The summed E-state index contributed by atoms with van der Waals surface area (Å²) >= 11 is 0. The van der Waals surface area contributed by atoms with Gasteiger partial charge in [-0.15, -0.1) is 0 Å². The van der Waals surface area contributed by atoms with E-state index >= 15 is 0 Å². The molecule has 0 aromatic carbocycles. The van der Waals surface area contributed by atoms with Crippen LogP contribution in [0.3, 0.4) is 0 Å². The molecule has 0 amide bonds. The molecule has 20 heavy (non-hydrogen) atoms. The van der Waals surface area contributed by atoms with Gasteiger partial charge in [-0.05, 0) is 37.5 Å². The van der Waals surface area contributed by atoms with Crippen LogP contribution in [0.1, 0.15) is 45.4 Å². The lowest BCUT2D eigenvalue weighted by atomic mass is 9.69. The van der Waals surface area contributed by atoms with E-state index in [2.05, 4.69) is 6.92 Å². The molecule has 0 aromatic heterocycles. The molecule has 2 aliphatic carbocycles. The maximum atomic E-state index is 12.4. The Balaban J connectivity index is 2.44. The Morgan fingerprint density at radius 3 is 1.80 bits per heavy atom. The predicted octanol–water partition coefficient (Wildman–Crippen LogP) is 2.13. The molecule has 0 aromatic rings. The molecule has 0 spiro atoms. The van der Waals surface area contributed by atoms with Crippen molar-refractivity contribution in [3.63, 3.8) is 0 Å². The first-order valence-corrected chi connectivity index (χ1v) is 9.84. The number of hydrogen-bond donors (Lipinski definition) is 2. The van der Waals surface area contributed by atoms with Crippen LogP contribution in [0, 0.1) is 23.7 Å². The molecule has 2 N–H and O–H groups in total. The number of aliphatic hydroxyl groups excluding tert-OH is 2. The van der Waals surface area contributed by atoms with Crippen molar-refractivity contribution >= 4 is 19.7 Å². The van der Waals surface area contributed by atoms with Gasteiger partial charge in [0.05, 0.1) is 4.75 Å². The fourth-order valence-corrected chi connectivity index (χ4v) is 7.58. The van der Waals surface area contributed by atoms with Crippen molar-refractivity contribution in [2.75, 3.05) is 13.2 Å². The average molecular weight is 325 g/mol. The SMILES string of the molecule is CC1CCC(C2(S(=O)(=O)Cl)C(CO)CCC2CO)CC1. The molecule has 0 saturated heterocycles. The third-order valence-corrected chi connectivity index (χ3v) is 8.30. The second-order valence-corrected chi connectivity index (χ2v) is 9.39. The smallest absolute Gasteiger partial charge is 0.239 e. The first-order valence-electron chi connectivity index (χ1n) is 7.53. The van der Waals surface area contributed by atoms with Crippen molar-refractivity contribution in [1.29, 1.82) is 0 Å². The van der Waals surface area contributed by atoms with E-state index in [1.165, 1.54) is 0 Å². The molecule has 2 rings (SSSR count). The molecule has 2 fully saturated rings. The summed E-state index contributed by atoms with van der Waals surface area (Å²) < 4.78 is 23.7. The van der Waals surface area contributed by atoms with Gasteiger partial charge >= 0.3 is 0 Å². The summed E-state index contributed by atoms with van der Waals surface area (Å²) in [5.41, 5.74) is 0. The Hall–Kier alpha value is 0.160. The first-order chi connectivity index (χ1) is 9.37. The number of aliphatic hydroxyl groups is 2. The van der Waals surface area contributed by atoms with Crippen LogP contribution in [0.4, 0.5) is 0 Å². The highest BCUT2D eigenvalue weighted by atomic mass is 35.7. The first kappa shape index (κ1) is 16.5. The van der Waals surface area contributed by atoms with Crippen molar-refractivity contribution in [2.45, 2.75) is 50.2 Å². The maximum Gasteiger partial charge on any atom is 0.239 e. The van der Waals surface area contributed by atoms with Crippen molar-refractivity contribution in [3.8, 4) is 0 Å². The Morgan fingerprint density at radius 2 is 1.45 bits per heavy atom. The Morgan fingerprint density at radius 1 is 1.00 bits per heavy atom. The molecule has 4 nitrogen and oxygen atoms in total. The third kappa shape index (κ3) is 2.51. The fourth-order valence-electron chi connectivity index (χ4n) is 4.63. The van der Waals surface area contributed by atoms with E-state index in [0.717, 1.165) is 25.7 Å². The van der Waals surface area contributed by atoms with Crippen LogP contribution in [0.5, 0.6) is 0 Å². The lowest BCUT2D eigenvalue weighted by molar-refractivity contribution is 0.0972. The standard InChI is InChI=1S/C14H25ClO4S/c1-10-2-4-11(5-3-10)14(20(15,18)19)12(8-16)6-7-13(14)9-17/h10-13,16-17H,2-9H2,1H3. The molecule has 118 valence electrons. The number of hydrogen-bond acceptors (Lipinski definition) is 4. The summed E-state index contributed by atoms with van der Waals surface area (Å²) in [6.45, 7) is 1.84. The van der Waals surface area contributed by atoms with Crippen molar-refractivity contribution < 1.29 is 18.6 Å². The highest BCUT2D eigenvalue weighted by Gasteiger charge is 2.62. The topological polar surface area (TPSA) is 74.6 Å². The van der Waals surface area contributed by atoms with Crippen molar-refractivity contribution in [3.05, 3.63) is 0 Å². The summed E-state index contributed by atoms with van der Waals surface area (Å²) in [7, 11) is 2.01. The van der Waals surface area contributed by atoms with Gasteiger partial charge in [-0.1, -0.05) is 19.8 Å². The summed E-state index contributed by atoms with van der Waals surface area (Å²) in [5.74, 6) is -0.123. The quantitative estimate of drug-likeness (QED) is 0.777. The zero-order chi connectivity index (χ0) is 15.0. The van der Waals surface area contributed by atoms with Gasteiger partial charge in [0.25, 0.3) is 0 Å². The molecule has 2 unspecified atom stereocenters. The Labute approximate surface area is 125 Å². The van der Waals surface area contributed by atoms with Gasteiger partial charge in [-0.2, -0.15) is 0 Å². The van der Waals surface area contributed by atoms with E-state index in [-0.39, 0.29) is 31.0 Å². The Kier molecular flexibility index (Phi) is 5.05. The second kappa shape index (κ2) is 6.11. The van der Waals surface area contributed by atoms with Gasteiger partial charge in [0.15, 0.2) is 0 Å². The van der Waals surface area contributed by atoms with Crippen molar-refractivity contribution in [1.82, 2.24) is 0 Å². The van der Waals surface area contributed by atoms with Crippen LogP contribution in [0.15, 0.2) is 0 Å². The highest BCUT2D eigenvalue weighted by molar-refractivity contribution is 8.14. The predicted molar refractivity (Wildman–Crippen MR) is 79.0 cm³/mol. The summed E-state index contributed by atoms with van der Waals surface area (Å²) in [6.07, 6.45) is 4.88. The molecule has 6 heteroatoms. The second-order valence-electron chi connectivity index (χ2n) is 6.58. The van der Waals surface area contributed by atoms with Crippen LogP contribution < -0.4 is 0 Å². The van der Waals surface area contributed by atoms with Crippen LogP contribution in [0.2, 0.25) is 0 Å². The maximum absolute atomic E-state index is 12.4. The molecule has 0 heterocycles.